The van der Waals surface area contributed by atoms with Crippen molar-refractivity contribution in [3.05, 3.63) is 34.3 Å². The highest BCUT2D eigenvalue weighted by molar-refractivity contribution is 9.10. The summed E-state index contributed by atoms with van der Waals surface area (Å²) in [6.45, 7) is 7.28. The van der Waals surface area contributed by atoms with E-state index in [9.17, 15) is 5.11 Å². The maximum Gasteiger partial charge on any atom is 0.172 e. The Kier molecular flexibility index (Phi) is 4.83. The predicted octanol–water partition coefficient (Wildman–Crippen LogP) is 2.83. The van der Waals surface area contributed by atoms with Gasteiger partial charge in [0.1, 0.15) is 0 Å². The van der Waals surface area contributed by atoms with Gasteiger partial charge >= 0.3 is 0 Å². The SMILES string of the molecule is C=C(C)CNCc1cc(Br)c(O)c(OC)c1. The number of ether oxygens (including phenoxy) is 1. The van der Waals surface area contributed by atoms with Crippen LogP contribution in [0.15, 0.2) is 28.8 Å². The highest BCUT2D eigenvalue weighted by atomic mass is 79.9. The Bertz CT molecular complexity index is 391. The number of hydrogen-bond acceptors (Lipinski definition) is 3. The molecular formula is C12H16BrNO2. The Morgan fingerprint density at radius 1 is 1.56 bits per heavy atom. The zero-order valence-corrected chi connectivity index (χ0v) is 11.1. The first-order valence-electron chi connectivity index (χ1n) is 4.95. The molecular weight excluding hydrogens is 270 g/mol. The zero-order valence-electron chi connectivity index (χ0n) is 9.51. The van der Waals surface area contributed by atoms with Gasteiger partial charge < -0.3 is 15.2 Å². The standard InChI is InChI=1S/C12H16BrNO2/c1-8(2)6-14-7-9-4-10(13)12(15)11(5-9)16-3/h4-5,14-15H,1,6-7H2,2-3H3. The van der Waals surface area contributed by atoms with E-state index in [-0.39, 0.29) is 5.75 Å². The lowest BCUT2D eigenvalue weighted by atomic mass is 10.2. The molecule has 1 aromatic carbocycles. The van der Waals surface area contributed by atoms with Crippen LogP contribution in [0.2, 0.25) is 0 Å². The summed E-state index contributed by atoms with van der Waals surface area (Å²) in [5.41, 5.74) is 2.13. The molecule has 0 radical (unpaired) electrons. The quantitative estimate of drug-likeness (QED) is 0.818. The van der Waals surface area contributed by atoms with Crippen LogP contribution < -0.4 is 10.1 Å². The number of methoxy groups -OCH3 is 1. The zero-order chi connectivity index (χ0) is 12.1. The topological polar surface area (TPSA) is 41.5 Å². The summed E-state index contributed by atoms with van der Waals surface area (Å²) in [5.74, 6) is 0.604. The average Bonchev–Trinajstić information content (AvgIpc) is 2.22. The van der Waals surface area contributed by atoms with Crippen molar-refractivity contribution in [1.29, 1.82) is 0 Å². The van der Waals surface area contributed by atoms with Gasteiger partial charge in [0.15, 0.2) is 11.5 Å². The van der Waals surface area contributed by atoms with Gasteiger partial charge in [0.05, 0.1) is 11.6 Å². The summed E-state index contributed by atoms with van der Waals surface area (Å²) in [7, 11) is 1.53. The Hall–Kier alpha value is -1.00. The third kappa shape index (κ3) is 3.54. The van der Waals surface area contributed by atoms with Gasteiger partial charge in [-0.05, 0) is 40.5 Å². The molecule has 0 spiro atoms. The van der Waals surface area contributed by atoms with Crippen LogP contribution in [0.25, 0.3) is 0 Å². The van der Waals surface area contributed by atoms with Crippen LogP contribution in [0.5, 0.6) is 11.5 Å². The number of aromatic hydroxyl groups is 1. The Morgan fingerprint density at radius 3 is 2.81 bits per heavy atom. The lowest BCUT2D eigenvalue weighted by molar-refractivity contribution is 0.371. The molecule has 4 heteroatoms. The predicted molar refractivity (Wildman–Crippen MR) is 68.9 cm³/mol. The highest BCUT2D eigenvalue weighted by Crippen LogP contribution is 2.35. The van der Waals surface area contributed by atoms with Crippen LogP contribution in [-0.2, 0) is 6.54 Å². The lowest BCUT2D eigenvalue weighted by Gasteiger charge is -2.09. The van der Waals surface area contributed by atoms with Gasteiger partial charge in [0, 0.05) is 13.1 Å². The van der Waals surface area contributed by atoms with Crippen LogP contribution >= 0.6 is 15.9 Å². The molecule has 0 atom stereocenters. The van der Waals surface area contributed by atoms with Gasteiger partial charge in [0.25, 0.3) is 0 Å². The lowest BCUT2D eigenvalue weighted by Crippen LogP contribution is -2.15. The van der Waals surface area contributed by atoms with Gasteiger partial charge in [-0.1, -0.05) is 12.2 Å². The molecule has 0 fully saturated rings. The molecule has 0 aliphatic carbocycles. The van der Waals surface area contributed by atoms with E-state index in [4.69, 9.17) is 4.74 Å². The second-order valence-corrected chi connectivity index (χ2v) is 4.54. The first kappa shape index (κ1) is 13.1. The van der Waals surface area contributed by atoms with Gasteiger partial charge in [-0.2, -0.15) is 0 Å². The van der Waals surface area contributed by atoms with E-state index in [0.29, 0.717) is 16.8 Å². The van der Waals surface area contributed by atoms with E-state index in [1.54, 1.807) is 0 Å². The first-order chi connectivity index (χ1) is 7.54. The van der Waals surface area contributed by atoms with Crippen molar-refractivity contribution in [3.63, 3.8) is 0 Å². The normalized spacial score (nSPS) is 10.2. The molecule has 2 N–H and O–H groups in total. The molecule has 0 bridgehead atoms. The number of phenols is 1. The number of rotatable bonds is 5. The van der Waals surface area contributed by atoms with Crippen molar-refractivity contribution < 1.29 is 9.84 Å². The van der Waals surface area contributed by atoms with Gasteiger partial charge in [-0.25, -0.2) is 0 Å². The van der Waals surface area contributed by atoms with Crippen LogP contribution in [0, 0.1) is 0 Å². The largest absolute Gasteiger partial charge is 0.503 e. The molecule has 0 heterocycles. The molecule has 0 saturated heterocycles. The van der Waals surface area contributed by atoms with Crippen molar-refractivity contribution in [2.75, 3.05) is 13.7 Å². The Morgan fingerprint density at radius 2 is 2.25 bits per heavy atom. The fourth-order valence-electron chi connectivity index (χ4n) is 1.31. The summed E-state index contributed by atoms with van der Waals surface area (Å²) < 4.78 is 5.71. The second kappa shape index (κ2) is 5.92. The van der Waals surface area contributed by atoms with E-state index in [0.717, 1.165) is 17.7 Å². The fraction of sp³-hybridized carbons (Fsp3) is 0.333. The Balaban J connectivity index is 2.74. The van der Waals surface area contributed by atoms with E-state index >= 15 is 0 Å². The number of hydrogen-bond donors (Lipinski definition) is 2. The second-order valence-electron chi connectivity index (χ2n) is 3.69. The Labute approximate surface area is 104 Å². The fourth-order valence-corrected chi connectivity index (χ4v) is 1.79. The maximum absolute atomic E-state index is 9.63. The molecule has 0 aliphatic heterocycles. The molecule has 16 heavy (non-hydrogen) atoms. The van der Waals surface area contributed by atoms with Crippen LogP contribution in [0.1, 0.15) is 12.5 Å². The molecule has 0 amide bonds. The summed E-state index contributed by atoms with van der Waals surface area (Å²) >= 11 is 3.28. The molecule has 0 aromatic heterocycles. The van der Waals surface area contributed by atoms with E-state index in [1.807, 2.05) is 19.1 Å². The molecule has 0 aliphatic rings. The summed E-state index contributed by atoms with van der Waals surface area (Å²) in [6, 6.07) is 3.68. The minimum absolute atomic E-state index is 0.131. The van der Waals surface area contributed by atoms with Crippen molar-refractivity contribution in [2.24, 2.45) is 0 Å². The van der Waals surface area contributed by atoms with Crippen molar-refractivity contribution in [3.8, 4) is 11.5 Å². The molecule has 0 unspecified atom stereocenters. The van der Waals surface area contributed by atoms with E-state index in [2.05, 4.69) is 27.8 Å². The van der Waals surface area contributed by atoms with Gasteiger partial charge in [0.2, 0.25) is 0 Å². The van der Waals surface area contributed by atoms with Crippen LogP contribution in [-0.4, -0.2) is 18.8 Å². The molecule has 3 nitrogen and oxygen atoms in total. The van der Waals surface area contributed by atoms with Gasteiger partial charge in [-0.15, -0.1) is 0 Å². The molecule has 88 valence electrons. The van der Waals surface area contributed by atoms with Crippen molar-refractivity contribution in [2.45, 2.75) is 13.5 Å². The third-order valence-corrected chi connectivity index (χ3v) is 2.67. The summed E-state index contributed by atoms with van der Waals surface area (Å²) in [5, 5.41) is 12.9. The molecule has 1 aromatic rings. The van der Waals surface area contributed by atoms with Crippen molar-refractivity contribution in [1.82, 2.24) is 5.32 Å². The number of halogens is 1. The average molecular weight is 286 g/mol. The highest BCUT2D eigenvalue weighted by Gasteiger charge is 2.08. The smallest absolute Gasteiger partial charge is 0.172 e. The minimum Gasteiger partial charge on any atom is -0.503 e. The summed E-state index contributed by atoms with van der Waals surface area (Å²) in [6.07, 6.45) is 0. The molecule has 0 saturated carbocycles. The maximum atomic E-state index is 9.63. The molecule has 1 rings (SSSR count). The third-order valence-electron chi connectivity index (χ3n) is 2.06. The van der Waals surface area contributed by atoms with E-state index in [1.165, 1.54) is 7.11 Å². The van der Waals surface area contributed by atoms with Crippen LogP contribution in [0.3, 0.4) is 0 Å². The van der Waals surface area contributed by atoms with Crippen molar-refractivity contribution >= 4 is 15.9 Å². The van der Waals surface area contributed by atoms with Crippen LogP contribution in [0.4, 0.5) is 0 Å². The van der Waals surface area contributed by atoms with E-state index < -0.39 is 0 Å². The minimum atomic E-state index is 0.131. The summed E-state index contributed by atoms with van der Waals surface area (Å²) in [4.78, 5) is 0. The number of phenolic OH excluding ortho intramolecular Hbond substituents is 1. The number of benzene rings is 1. The first-order valence-corrected chi connectivity index (χ1v) is 5.74. The number of nitrogens with one attached hydrogen (secondary N) is 1. The monoisotopic (exact) mass is 285 g/mol. The van der Waals surface area contributed by atoms with Gasteiger partial charge in [-0.3, -0.25) is 0 Å².